The van der Waals surface area contributed by atoms with Gasteiger partial charge >= 0.3 is 5.97 Å². The van der Waals surface area contributed by atoms with Crippen LogP contribution in [0.15, 0.2) is 36.7 Å². The lowest BCUT2D eigenvalue weighted by atomic mass is 10.0. The monoisotopic (exact) mass is 437 g/mol. The number of hydrogen-bond donors (Lipinski definition) is 0. The molecule has 0 fully saturated rings. The third kappa shape index (κ3) is 4.23. The molecule has 3 heterocycles. The van der Waals surface area contributed by atoms with E-state index in [1.807, 2.05) is 35.9 Å². The standard InChI is InChI=1S/C23H27N5O4/c1-4-27-14-17(12-24-27)22(29)26-11-10-20-19(15-26)21(23(30)32-5-2)25-28(20)13-16-6-8-18(31-3)9-7-16/h6-9,12,14H,4-5,10-11,13,15H2,1-3H3. The minimum atomic E-state index is -0.467. The third-order valence-electron chi connectivity index (χ3n) is 5.59. The first-order valence-corrected chi connectivity index (χ1v) is 10.7. The smallest absolute Gasteiger partial charge is 0.359 e. The Bertz CT molecular complexity index is 1120. The molecule has 1 aliphatic heterocycles. The van der Waals surface area contributed by atoms with Crippen LogP contribution in [-0.2, 0) is 30.8 Å². The molecule has 9 nitrogen and oxygen atoms in total. The minimum Gasteiger partial charge on any atom is -0.497 e. The van der Waals surface area contributed by atoms with Crippen LogP contribution in [0.2, 0.25) is 0 Å². The summed E-state index contributed by atoms with van der Waals surface area (Å²) in [5.41, 5.74) is 3.56. The van der Waals surface area contributed by atoms with Gasteiger partial charge in [-0.25, -0.2) is 4.79 Å². The number of nitrogens with zero attached hydrogens (tertiary/aromatic N) is 5. The number of aryl methyl sites for hydroxylation is 1. The molecule has 0 unspecified atom stereocenters. The number of aromatic nitrogens is 4. The molecule has 1 amide bonds. The van der Waals surface area contributed by atoms with Gasteiger partial charge in [-0.3, -0.25) is 14.2 Å². The highest BCUT2D eigenvalue weighted by Crippen LogP contribution is 2.26. The van der Waals surface area contributed by atoms with Gasteiger partial charge in [-0.2, -0.15) is 10.2 Å². The highest BCUT2D eigenvalue weighted by molar-refractivity contribution is 5.94. The van der Waals surface area contributed by atoms with E-state index in [4.69, 9.17) is 9.47 Å². The van der Waals surface area contributed by atoms with Gasteiger partial charge in [-0.1, -0.05) is 12.1 Å². The normalized spacial score (nSPS) is 13.0. The number of carbonyl (C=O) groups is 2. The molecule has 0 saturated carbocycles. The molecule has 1 aliphatic rings. The maximum Gasteiger partial charge on any atom is 0.359 e. The molecule has 168 valence electrons. The van der Waals surface area contributed by atoms with Gasteiger partial charge in [-0.05, 0) is 31.5 Å². The zero-order chi connectivity index (χ0) is 22.7. The SMILES string of the molecule is CCOC(=O)c1nn(Cc2ccc(OC)cc2)c2c1CN(C(=O)c1cnn(CC)c1)CC2. The number of esters is 1. The molecule has 9 heteroatoms. The first kappa shape index (κ1) is 21.6. The highest BCUT2D eigenvalue weighted by Gasteiger charge is 2.31. The number of fused-ring (bicyclic) bond motifs is 1. The Hall–Kier alpha value is -3.62. The molecule has 0 atom stereocenters. The van der Waals surface area contributed by atoms with Crippen LogP contribution in [0, 0.1) is 0 Å². The van der Waals surface area contributed by atoms with Crippen LogP contribution >= 0.6 is 0 Å². The van der Waals surface area contributed by atoms with Crippen LogP contribution in [0.1, 0.15) is 51.5 Å². The molecule has 2 aromatic heterocycles. The largest absolute Gasteiger partial charge is 0.497 e. The zero-order valence-corrected chi connectivity index (χ0v) is 18.6. The van der Waals surface area contributed by atoms with Crippen LogP contribution in [0.3, 0.4) is 0 Å². The molecule has 4 rings (SSSR count). The fourth-order valence-electron chi connectivity index (χ4n) is 3.89. The van der Waals surface area contributed by atoms with Crippen molar-refractivity contribution < 1.29 is 19.1 Å². The van der Waals surface area contributed by atoms with Gasteiger partial charge in [0.05, 0.1) is 38.6 Å². The van der Waals surface area contributed by atoms with Crippen molar-refractivity contribution in [3.63, 3.8) is 0 Å². The van der Waals surface area contributed by atoms with E-state index in [0.29, 0.717) is 38.2 Å². The molecule has 0 radical (unpaired) electrons. The number of ether oxygens (including phenoxy) is 2. The summed E-state index contributed by atoms with van der Waals surface area (Å²) in [5.74, 6) is 0.211. The van der Waals surface area contributed by atoms with E-state index < -0.39 is 5.97 Å². The van der Waals surface area contributed by atoms with Crippen molar-refractivity contribution in [1.29, 1.82) is 0 Å². The Balaban J connectivity index is 1.62. The molecule has 0 spiro atoms. The number of methoxy groups -OCH3 is 1. The topological polar surface area (TPSA) is 91.5 Å². The van der Waals surface area contributed by atoms with E-state index in [9.17, 15) is 9.59 Å². The second kappa shape index (κ2) is 9.25. The fraction of sp³-hybridized carbons (Fsp3) is 0.391. The lowest BCUT2D eigenvalue weighted by Crippen LogP contribution is -2.36. The average Bonchev–Trinajstić information content (AvgIpc) is 3.44. The van der Waals surface area contributed by atoms with E-state index in [1.165, 1.54) is 0 Å². The quantitative estimate of drug-likeness (QED) is 0.528. The Morgan fingerprint density at radius 2 is 1.94 bits per heavy atom. The number of amides is 1. The summed E-state index contributed by atoms with van der Waals surface area (Å²) >= 11 is 0. The van der Waals surface area contributed by atoms with E-state index in [0.717, 1.165) is 22.6 Å². The Labute approximate surface area is 186 Å². The van der Waals surface area contributed by atoms with Gasteiger partial charge in [0.25, 0.3) is 5.91 Å². The van der Waals surface area contributed by atoms with Crippen molar-refractivity contribution in [3.8, 4) is 5.75 Å². The fourth-order valence-corrected chi connectivity index (χ4v) is 3.89. The maximum absolute atomic E-state index is 13.0. The molecule has 0 aliphatic carbocycles. The molecule has 0 N–H and O–H groups in total. The van der Waals surface area contributed by atoms with Gasteiger partial charge in [0.1, 0.15) is 5.75 Å². The molecule has 0 bridgehead atoms. The number of rotatable bonds is 7. The van der Waals surface area contributed by atoms with Crippen LogP contribution in [0.4, 0.5) is 0 Å². The molecule has 32 heavy (non-hydrogen) atoms. The number of benzene rings is 1. The summed E-state index contributed by atoms with van der Waals surface area (Å²) in [4.78, 5) is 27.4. The van der Waals surface area contributed by atoms with Crippen molar-refractivity contribution in [2.75, 3.05) is 20.3 Å². The van der Waals surface area contributed by atoms with E-state index in [-0.39, 0.29) is 18.2 Å². The Morgan fingerprint density at radius 3 is 2.59 bits per heavy atom. The second-order valence-corrected chi connectivity index (χ2v) is 7.56. The first-order valence-electron chi connectivity index (χ1n) is 10.7. The van der Waals surface area contributed by atoms with Crippen molar-refractivity contribution in [2.24, 2.45) is 0 Å². The van der Waals surface area contributed by atoms with Gasteiger partial charge < -0.3 is 14.4 Å². The summed E-state index contributed by atoms with van der Waals surface area (Å²) in [5, 5.41) is 8.79. The van der Waals surface area contributed by atoms with Gasteiger partial charge in [0.2, 0.25) is 0 Å². The molecule has 3 aromatic rings. The van der Waals surface area contributed by atoms with E-state index in [1.54, 1.807) is 36.0 Å². The van der Waals surface area contributed by atoms with Crippen molar-refractivity contribution in [3.05, 3.63) is 64.7 Å². The molecule has 1 aromatic carbocycles. The minimum absolute atomic E-state index is 0.104. The van der Waals surface area contributed by atoms with Gasteiger partial charge in [-0.15, -0.1) is 0 Å². The van der Waals surface area contributed by atoms with Crippen molar-refractivity contribution >= 4 is 11.9 Å². The van der Waals surface area contributed by atoms with Crippen LogP contribution in [0.5, 0.6) is 5.75 Å². The highest BCUT2D eigenvalue weighted by atomic mass is 16.5. The van der Waals surface area contributed by atoms with Gasteiger partial charge in [0, 0.05) is 37.0 Å². The number of hydrogen-bond acceptors (Lipinski definition) is 6. The Morgan fingerprint density at radius 1 is 1.16 bits per heavy atom. The summed E-state index contributed by atoms with van der Waals surface area (Å²) in [6, 6.07) is 7.74. The van der Waals surface area contributed by atoms with Crippen LogP contribution < -0.4 is 4.74 Å². The van der Waals surface area contributed by atoms with Crippen molar-refractivity contribution in [1.82, 2.24) is 24.5 Å². The van der Waals surface area contributed by atoms with Crippen molar-refractivity contribution in [2.45, 2.75) is 39.9 Å². The average molecular weight is 438 g/mol. The summed E-state index contributed by atoms with van der Waals surface area (Å²) in [7, 11) is 1.63. The lowest BCUT2D eigenvalue weighted by molar-refractivity contribution is 0.0513. The van der Waals surface area contributed by atoms with Crippen LogP contribution in [0.25, 0.3) is 0 Å². The third-order valence-corrected chi connectivity index (χ3v) is 5.59. The molecular formula is C23H27N5O4. The van der Waals surface area contributed by atoms with E-state index in [2.05, 4.69) is 10.2 Å². The molecule has 0 saturated heterocycles. The maximum atomic E-state index is 13.0. The molecular weight excluding hydrogens is 410 g/mol. The predicted molar refractivity (Wildman–Crippen MR) is 117 cm³/mol. The summed E-state index contributed by atoms with van der Waals surface area (Å²) in [6.07, 6.45) is 3.93. The second-order valence-electron chi connectivity index (χ2n) is 7.56. The van der Waals surface area contributed by atoms with E-state index >= 15 is 0 Å². The van der Waals surface area contributed by atoms with Crippen LogP contribution in [-0.4, -0.2) is 56.6 Å². The first-order chi connectivity index (χ1) is 15.5. The number of carbonyl (C=O) groups excluding carboxylic acids is 2. The zero-order valence-electron chi connectivity index (χ0n) is 18.6. The summed E-state index contributed by atoms with van der Waals surface area (Å²) < 4.78 is 14.0. The lowest BCUT2D eigenvalue weighted by Gasteiger charge is -2.27. The Kier molecular flexibility index (Phi) is 6.25. The predicted octanol–water partition coefficient (Wildman–Crippen LogP) is 2.53. The summed E-state index contributed by atoms with van der Waals surface area (Å²) in [6.45, 7) is 6.06. The van der Waals surface area contributed by atoms with Gasteiger partial charge in [0.15, 0.2) is 5.69 Å².